The van der Waals surface area contributed by atoms with Crippen molar-refractivity contribution in [2.24, 2.45) is 0 Å². The Kier molecular flexibility index (Phi) is 7.26. The Morgan fingerprint density at radius 1 is 1.06 bits per heavy atom. The number of benzene rings is 2. The molecule has 190 valence electrons. The van der Waals surface area contributed by atoms with Gasteiger partial charge in [0.2, 0.25) is 0 Å². The van der Waals surface area contributed by atoms with Crippen molar-refractivity contribution in [1.82, 2.24) is 9.80 Å². The van der Waals surface area contributed by atoms with E-state index in [4.69, 9.17) is 32.7 Å². The Morgan fingerprint density at radius 2 is 1.83 bits per heavy atom. The molecule has 3 heterocycles. The third-order valence-electron chi connectivity index (χ3n) is 6.95. The molecule has 0 aliphatic carbocycles. The molecular formula is C27H28Cl2N2O5. The quantitative estimate of drug-likeness (QED) is 0.337. The van der Waals surface area contributed by atoms with Crippen molar-refractivity contribution < 1.29 is 24.2 Å². The number of rotatable bonds is 6. The molecule has 2 fully saturated rings. The molecule has 0 saturated carbocycles. The zero-order valence-corrected chi connectivity index (χ0v) is 21.5. The smallest absolute Gasteiger partial charge is 0.295 e. The van der Waals surface area contributed by atoms with Gasteiger partial charge in [-0.25, -0.2) is 0 Å². The lowest BCUT2D eigenvalue weighted by Gasteiger charge is -2.29. The average molecular weight is 531 g/mol. The van der Waals surface area contributed by atoms with E-state index in [-0.39, 0.29) is 17.4 Å². The standard InChI is InChI=1S/C27H28Cl2N2O5/c1-16-13-19-14-18(4-6-22(19)36-16)25(32)23-24(17-3-5-20(28)21(29)15-17)31(27(34)26(23)33)8-2-7-30-9-11-35-12-10-30/h3-6,14-16,24,32H,2,7-13H2,1H3/b25-23+. The van der Waals surface area contributed by atoms with Gasteiger partial charge >= 0.3 is 0 Å². The molecule has 9 heteroatoms. The summed E-state index contributed by atoms with van der Waals surface area (Å²) in [5.74, 6) is -0.779. The van der Waals surface area contributed by atoms with Crippen LogP contribution in [0.1, 0.15) is 36.1 Å². The predicted octanol–water partition coefficient (Wildman–Crippen LogP) is 4.46. The fourth-order valence-corrected chi connectivity index (χ4v) is 5.46. The Labute approximate surface area is 220 Å². The van der Waals surface area contributed by atoms with E-state index in [1.807, 2.05) is 13.0 Å². The van der Waals surface area contributed by atoms with Gasteiger partial charge in [-0.2, -0.15) is 0 Å². The minimum Gasteiger partial charge on any atom is -0.507 e. The first kappa shape index (κ1) is 25.1. The molecule has 2 atom stereocenters. The molecule has 0 spiro atoms. The van der Waals surface area contributed by atoms with Crippen LogP contribution >= 0.6 is 23.2 Å². The number of Topliss-reactive ketones (excluding diaryl/α,β-unsaturated/α-hetero) is 1. The number of ether oxygens (including phenoxy) is 2. The molecule has 1 N–H and O–H groups in total. The van der Waals surface area contributed by atoms with Gasteiger partial charge < -0.3 is 19.5 Å². The number of halogens is 2. The number of hydrogen-bond donors (Lipinski definition) is 1. The maximum Gasteiger partial charge on any atom is 0.295 e. The third kappa shape index (κ3) is 4.85. The number of fused-ring (bicyclic) bond motifs is 1. The number of amides is 1. The number of morpholine rings is 1. The van der Waals surface area contributed by atoms with Crippen LogP contribution in [0.15, 0.2) is 42.0 Å². The van der Waals surface area contributed by atoms with Gasteiger partial charge in [-0.1, -0.05) is 29.3 Å². The van der Waals surface area contributed by atoms with E-state index >= 15 is 0 Å². The first-order chi connectivity index (χ1) is 17.3. The summed E-state index contributed by atoms with van der Waals surface area (Å²) in [5.41, 5.74) is 2.10. The van der Waals surface area contributed by atoms with Crippen LogP contribution in [0.5, 0.6) is 5.75 Å². The van der Waals surface area contributed by atoms with E-state index < -0.39 is 17.7 Å². The summed E-state index contributed by atoms with van der Waals surface area (Å²) in [6.07, 6.45) is 1.44. The maximum atomic E-state index is 13.3. The molecule has 0 radical (unpaired) electrons. The predicted molar refractivity (Wildman–Crippen MR) is 138 cm³/mol. The highest BCUT2D eigenvalue weighted by atomic mass is 35.5. The second-order valence-electron chi connectivity index (χ2n) is 9.43. The SMILES string of the molecule is CC1Cc2cc(/C(O)=C3\C(=O)C(=O)N(CCCN4CCOCC4)C3c3ccc(Cl)c(Cl)c3)ccc2O1. The second kappa shape index (κ2) is 10.4. The highest BCUT2D eigenvalue weighted by Gasteiger charge is 2.46. The number of hydrogen-bond acceptors (Lipinski definition) is 6. The van der Waals surface area contributed by atoms with Gasteiger partial charge in [0.25, 0.3) is 11.7 Å². The lowest BCUT2D eigenvalue weighted by atomic mass is 9.94. The average Bonchev–Trinajstić information content (AvgIpc) is 3.37. The van der Waals surface area contributed by atoms with Crippen molar-refractivity contribution in [3.8, 4) is 5.75 Å². The van der Waals surface area contributed by atoms with E-state index in [2.05, 4.69) is 4.90 Å². The lowest BCUT2D eigenvalue weighted by molar-refractivity contribution is -0.140. The van der Waals surface area contributed by atoms with Crippen LogP contribution in [-0.4, -0.2) is 72.1 Å². The lowest BCUT2D eigenvalue weighted by Crippen LogP contribution is -2.38. The molecule has 2 aromatic rings. The monoisotopic (exact) mass is 530 g/mol. The molecule has 1 amide bonds. The summed E-state index contributed by atoms with van der Waals surface area (Å²) in [6.45, 7) is 6.19. The van der Waals surface area contributed by atoms with Crippen LogP contribution in [0.2, 0.25) is 10.0 Å². The molecule has 3 aliphatic heterocycles. The van der Waals surface area contributed by atoms with Crippen molar-refractivity contribution in [3.05, 3.63) is 68.7 Å². The van der Waals surface area contributed by atoms with Crippen LogP contribution in [0.4, 0.5) is 0 Å². The van der Waals surface area contributed by atoms with Crippen LogP contribution in [0.3, 0.4) is 0 Å². The molecule has 2 aromatic carbocycles. The largest absolute Gasteiger partial charge is 0.507 e. The normalized spacial score (nSPS) is 23.7. The molecule has 7 nitrogen and oxygen atoms in total. The molecule has 5 rings (SSSR count). The Morgan fingerprint density at radius 3 is 2.58 bits per heavy atom. The van der Waals surface area contributed by atoms with Crippen molar-refractivity contribution in [2.75, 3.05) is 39.4 Å². The fourth-order valence-electron chi connectivity index (χ4n) is 5.15. The highest BCUT2D eigenvalue weighted by Crippen LogP contribution is 2.42. The molecule has 0 aromatic heterocycles. The summed E-state index contributed by atoms with van der Waals surface area (Å²) in [5, 5.41) is 12.1. The molecule has 0 bridgehead atoms. The number of aliphatic hydroxyl groups is 1. The van der Waals surface area contributed by atoms with Crippen molar-refractivity contribution >= 4 is 40.7 Å². The molecular weight excluding hydrogens is 503 g/mol. The minimum atomic E-state index is -0.770. The van der Waals surface area contributed by atoms with Gasteiger partial charge in [-0.05, 0) is 54.8 Å². The van der Waals surface area contributed by atoms with Gasteiger partial charge in [-0.3, -0.25) is 14.5 Å². The fraction of sp³-hybridized carbons (Fsp3) is 0.407. The van der Waals surface area contributed by atoms with Crippen molar-refractivity contribution in [3.63, 3.8) is 0 Å². The first-order valence-corrected chi connectivity index (χ1v) is 12.9. The summed E-state index contributed by atoms with van der Waals surface area (Å²) in [4.78, 5) is 30.3. The zero-order valence-electron chi connectivity index (χ0n) is 20.0. The number of nitrogens with zero attached hydrogens (tertiary/aromatic N) is 2. The Bertz CT molecular complexity index is 1220. The second-order valence-corrected chi connectivity index (χ2v) is 10.2. The van der Waals surface area contributed by atoms with Gasteiger partial charge in [0.05, 0.1) is 34.9 Å². The van der Waals surface area contributed by atoms with Gasteiger partial charge in [0, 0.05) is 38.2 Å². The van der Waals surface area contributed by atoms with Crippen LogP contribution in [-0.2, 0) is 20.7 Å². The topological polar surface area (TPSA) is 79.3 Å². The number of ketones is 1. The summed E-state index contributed by atoms with van der Waals surface area (Å²) in [7, 11) is 0. The van der Waals surface area contributed by atoms with Crippen molar-refractivity contribution in [2.45, 2.75) is 31.9 Å². The summed E-state index contributed by atoms with van der Waals surface area (Å²) in [6, 6.07) is 9.59. The van der Waals surface area contributed by atoms with Crippen LogP contribution in [0.25, 0.3) is 5.76 Å². The number of carbonyl (C=O) groups excluding carboxylic acids is 2. The third-order valence-corrected chi connectivity index (χ3v) is 7.68. The van der Waals surface area contributed by atoms with E-state index in [0.29, 0.717) is 53.8 Å². The molecule has 2 unspecified atom stereocenters. The maximum absolute atomic E-state index is 13.3. The molecule has 2 saturated heterocycles. The van der Waals surface area contributed by atoms with Crippen molar-refractivity contribution in [1.29, 1.82) is 0 Å². The summed E-state index contributed by atoms with van der Waals surface area (Å²) < 4.78 is 11.2. The van der Waals surface area contributed by atoms with Gasteiger partial charge in [0.15, 0.2) is 0 Å². The molecule has 3 aliphatic rings. The first-order valence-electron chi connectivity index (χ1n) is 12.2. The highest BCUT2D eigenvalue weighted by molar-refractivity contribution is 6.46. The molecule has 36 heavy (non-hydrogen) atoms. The van der Waals surface area contributed by atoms with E-state index in [1.165, 1.54) is 4.90 Å². The van der Waals surface area contributed by atoms with Crippen LogP contribution < -0.4 is 4.74 Å². The number of carbonyl (C=O) groups is 2. The zero-order chi connectivity index (χ0) is 25.4. The number of aliphatic hydroxyl groups excluding tert-OH is 1. The Hall–Kier alpha value is -2.58. The van der Waals surface area contributed by atoms with E-state index in [1.54, 1.807) is 30.3 Å². The van der Waals surface area contributed by atoms with Crippen LogP contribution in [0, 0.1) is 0 Å². The van der Waals surface area contributed by atoms with E-state index in [9.17, 15) is 14.7 Å². The summed E-state index contributed by atoms with van der Waals surface area (Å²) >= 11 is 12.5. The Balaban J connectivity index is 1.50. The van der Waals surface area contributed by atoms with Gasteiger partial charge in [0.1, 0.15) is 17.6 Å². The number of likely N-dealkylation sites (tertiary alicyclic amines) is 1. The van der Waals surface area contributed by atoms with E-state index in [0.717, 1.165) is 30.9 Å². The minimum absolute atomic E-state index is 0.0469. The van der Waals surface area contributed by atoms with Gasteiger partial charge in [-0.15, -0.1) is 0 Å².